The Labute approximate surface area is 250 Å². The fraction of sp³-hybridized carbons (Fsp3) is 0.172. The van der Waals surface area contributed by atoms with E-state index in [4.69, 9.17) is 28.9 Å². The number of thiophene rings is 1. The summed E-state index contributed by atoms with van der Waals surface area (Å²) >= 11 is 14.4. The van der Waals surface area contributed by atoms with Gasteiger partial charge in [0, 0.05) is 30.9 Å². The third-order valence-electron chi connectivity index (χ3n) is 6.42. The van der Waals surface area contributed by atoms with Crippen molar-refractivity contribution in [2.24, 2.45) is 0 Å². The first-order valence-corrected chi connectivity index (χ1v) is 14.1. The first-order valence-electron chi connectivity index (χ1n) is 12.4. The molecule has 0 saturated carbocycles. The van der Waals surface area contributed by atoms with Gasteiger partial charge in [-0.3, -0.25) is 14.4 Å². The van der Waals surface area contributed by atoms with Crippen LogP contribution in [0.2, 0.25) is 10.0 Å². The molecule has 2 aromatic carbocycles. The number of nitrogens with two attached hydrogens (primary N) is 1. The molecule has 1 aromatic heterocycles. The maximum atomic E-state index is 13.5. The zero-order valence-electron chi connectivity index (χ0n) is 21.7. The quantitative estimate of drug-likeness (QED) is 0.0927. The number of aliphatic hydroxyl groups is 1. The smallest absolute Gasteiger partial charge is 0.261 e. The number of carbonyl (C=O) groups is 4. The fourth-order valence-corrected chi connectivity index (χ4v) is 5.84. The zero-order chi connectivity index (χ0) is 29.7. The largest absolute Gasteiger partial charge is 0.509 e. The van der Waals surface area contributed by atoms with Crippen LogP contribution in [0.4, 0.5) is 5.69 Å². The van der Waals surface area contributed by atoms with Crippen molar-refractivity contribution in [2.75, 3.05) is 18.8 Å². The highest BCUT2D eigenvalue weighted by molar-refractivity contribution is 7.12. The minimum atomic E-state index is -1.01. The van der Waals surface area contributed by atoms with Crippen LogP contribution in [0.3, 0.4) is 0 Å². The molecular formula is C29H26Cl2N4O5S. The number of nitrogens with one attached hydrogen (secondary N) is 2. The second kappa shape index (κ2) is 13.0. The van der Waals surface area contributed by atoms with Gasteiger partial charge in [0.2, 0.25) is 0 Å². The first kappa shape index (κ1) is 29.9. The summed E-state index contributed by atoms with van der Waals surface area (Å²) < 4.78 is 0. The van der Waals surface area contributed by atoms with Gasteiger partial charge in [0.15, 0.2) is 0 Å². The molecule has 1 aliphatic rings. The highest BCUT2D eigenvalue weighted by Gasteiger charge is 2.30. The van der Waals surface area contributed by atoms with Crippen LogP contribution in [-0.4, -0.2) is 53.1 Å². The van der Waals surface area contributed by atoms with Gasteiger partial charge < -0.3 is 31.2 Å². The van der Waals surface area contributed by atoms with Gasteiger partial charge in [-0.05, 0) is 47.2 Å². The average Bonchev–Trinajstić information content (AvgIpc) is 3.49. The molecule has 3 aromatic rings. The summed E-state index contributed by atoms with van der Waals surface area (Å²) in [6, 6.07) is 10.7. The lowest BCUT2D eigenvalue weighted by Gasteiger charge is -2.31. The average molecular weight is 614 g/mol. The number of anilines is 1. The van der Waals surface area contributed by atoms with Gasteiger partial charge >= 0.3 is 0 Å². The number of halogens is 2. The van der Waals surface area contributed by atoms with Gasteiger partial charge in [-0.2, -0.15) is 0 Å². The van der Waals surface area contributed by atoms with Gasteiger partial charge in [0.05, 0.1) is 26.1 Å². The van der Waals surface area contributed by atoms with Crippen LogP contribution in [-0.2, 0) is 22.6 Å². The molecule has 0 spiro atoms. The van der Waals surface area contributed by atoms with Crippen molar-refractivity contribution in [3.8, 4) is 0 Å². The molecule has 0 unspecified atom stereocenters. The van der Waals surface area contributed by atoms with E-state index in [0.717, 1.165) is 0 Å². The molecule has 1 aliphatic heterocycles. The number of benzene rings is 2. The summed E-state index contributed by atoms with van der Waals surface area (Å²) in [6.45, 7) is 3.76. The number of aldehydes is 1. The monoisotopic (exact) mass is 612 g/mol. The van der Waals surface area contributed by atoms with Crippen LogP contribution >= 0.6 is 34.5 Å². The molecule has 2 heterocycles. The molecule has 4 rings (SSSR count). The normalized spacial score (nSPS) is 13.6. The standard InChI is InChI=1S/C29H26Cl2N4O5S/c1-16(37)11-21(20-5-2-3-6-23(20)32)29(40)35-9-8-19-17(14-35)12-22(30)25(26(19)31)28(39)34-18(15-36)13-33-27(38)24-7-4-10-41-24/h2-7,10-12,15,18,37H,1,8-9,13-14,32H2,(H,33,38)(H,34,39)/b21-11+/t18-/m0/s1. The minimum absolute atomic E-state index is 0.00230. The number of hydrogen-bond donors (Lipinski definition) is 4. The molecule has 212 valence electrons. The third kappa shape index (κ3) is 6.79. The fourth-order valence-electron chi connectivity index (χ4n) is 4.44. The minimum Gasteiger partial charge on any atom is -0.509 e. The number of nitrogens with zero attached hydrogens (tertiary/aromatic N) is 1. The Morgan fingerprint density at radius 1 is 1.17 bits per heavy atom. The van der Waals surface area contributed by atoms with Crippen molar-refractivity contribution >= 4 is 69.8 Å². The van der Waals surface area contributed by atoms with E-state index in [0.29, 0.717) is 40.0 Å². The Morgan fingerprint density at radius 3 is 2.59 bits per heavy atom. The number of hydrogen-bond acceptors (Lipinski definition) is 7. The van der Waals surface area contributed by atoms with Crippen molar-refractivity contribution in [1.82, 2.24) is 15.5 Å². The van der Waals surface area contributed by atoms with Gasteiger partial charge in [-0.25, -0.2) is 0 Å². The van der Waals surface area contributed by atoms with Crippen molar-refractivity contribution in [2.45, 2.75) is 19.0 Å². The SMILES string of the molecule is C=C(O)/C=C(/C(=O)N1CCc2c(cc(Cl)c(C(=O)N[C@H](C=O)CNC(=O)c3cccs3)c2Cl)C1)c1ccccc1N. The summed E-state index contributed by atoms with van der Waals surface area (Å²) in [6.07, 6.45) is 2.11. The van der Waals surface area contributed by atoms with Crippen molar-refractivity contribution in [3.63, 3.8) is 0 Å². The van der Waals surface area contributed by atoms with E-state index in [2.05, 4.69) is 17.2 Å². The van der Waals surface area contributed by atoms with Gasteiger partial charge in [0.1, 0.15) is 18.1 Å². The number of aliphatic hydroxyl groups excluding tert-OH is 1. The van der Waals surface area contributed by atoms with Crippen LogP contribution in [0.5, 0.6) is 0 Å². The number of para-hydroxylation sites is 1. The predicted octanol–water partition coefficient (Wildman–Crippen LogP) is 4.40. The van der Waals surface area contributed by atoms with Crippen LogP contribution in [0.1, 0.15) is 36.7 Å². The first-order chi connectivity index (χ1) is 19.6. The van der Waals surface area contributed by atoms with Gasteiger partial charge in [-0.1, -0.05) is 54.0 Å². The molecular weight excluding hydrogens is 587 g/mol. The van der Waals surface area contributed by atoms with E-state index in [1.165, 1.54) is 17.4 Å². The molecule has 0 saturated heterocycles. The Kier molecular flexibility index (Phi) is 9.49. The number of nitrogen functional groups attached to an aromatic ring is 1. The van der Waals surface area contributed by atoms with Crippen LogP contribution < -0.4 is 16.4 Å². The van der Waals surface area contributed by atoms with Gasteiger partial charge in [-0.15, -0.1) is 11.3 Å². The lowest BCUT2D eigenvalue weighted by Crippen LogP contribution is -2.45. The second-order valence-electron chi connectivity index (χ2n) is 9.20. The van der Waals surface area contributed by atoms with E-state index in [1.54, 1.807) is 52.7 Å². The maximum absolute atomic E-state index is 13.5. The Morgan fingerprint density at radius 2 is 1.93 bits per heavy atom. The Bertz CT molecular complexity index is 1550. The predicted molar refractivity (Wildman–Crippen MR) is 160 cm³/mol. The maximum Gasteiger partial charge on any atom is 0.261 e. The van der Waals surface area contributed by atoms with Gasteiger partial charge in [0.25, 0.3) is 17.7 Å². The molecule has 0 aliphatic carbocycles. The zero-order valence-corrected chi connectivity index (χ0v) is 24.0. The molecule has 0 radical (unpaired) electrons. The molecule has 3 amide bonds. The van der Waals surface area contributed by atoms with Crippen LogP contribution in [0.25, 0.3) is 5.57 Å². The molecule has 9 nitrogen and oxygen atoms in total. The molecule has 12 heteroatoms. The molecule has 5 N–H and O–H groups in total. The van der Waals surface area contributed by atoms with E-state index in [9.17, 15) is 24.3 Å². The summed E-state index contributed by atoms with van der Waals surface area (Å²) in [4.78, 5) is 52.5. The number of fused-ring (bicyclic) bond motifs is 1. The molecule has 0 bridgehead atoms. The molecule has 1 atom stereocenters. The number of amides is 3. The summed E-state index contributed by atoms with van der Waals surface area (Å²) in [5, 5.41) is 16.9. The van der Waals surface area contributed by atoms with Crippen LogP contribution in [0, 0.1) is 0 Å². The molecule has 0 fully saturated rings. The van der Waals surface area contributed by atoms with Crippen molar-refractivity contribution in [1.29, 1.82) is 0 Å². The van der Waals surface area contributed by atoms with E-state index >= 15 is 0 Å². The second-order valence-corrected chi connectivity index (χ2v) is 10.9. The van der Waals surface area contributed by atoms with Crippen LogP contribution in [0.15, 0.2) is 66.3 Å². The highest BCUT2D eigenvalue weighted by Crippen LogP contribution is 2.36. The molecule has 41 heavy (non-hydrogen) atoms. The summed E-state index contributed by atoms with van der Waals surface area (Å²) in [5.74, 6) is -1.71. The summed E-state index contributed by atoms with van der Waals surface area (Å²) in [5.41, 5.74) is 8.39. The van der Waals surface area contributed by atoms with E-state index < -0.39 is 11.9 Å². The third-order valence-corrected chi connectivity index (χ3v) is 8.00. The number of carbonyl (C=O) groups excluding carboxylic acids is 4. The number of allylic oxidation sites excluding steroid dienone is 1. The highest BCUT2D eigenvalue weighted by atomic mass is 35.5. The topological polar surface area (TPSA) is 142 Å². The van der Waals surface area contributed by atoms with E-state index in [1.807, 2.05) is 0 Å². The van der Waals surface area contributed by atoms with E-state index in [-0.39, 0.29) is 58.4 Å². The summed E-state index contributed by atoms with van der Waals surface area (Å²) in [7, 11) is 0. The lowest BCUT2D eigenvalue weighted by atomic mass is 9.94. The lowest BCUT2D eigenvalue weighted by molar-refractivity contribution is -0.125. The van der Waals surface area contributed by atoms with Crippen molar-refractivity contribution < 1.29 is 24.3 Å². The Hall–Kier alpha value is -4.12. The number of rotatable bonds is 9. The Balaban J connectivity index is 1.51. The van der Waals surface area contributed by atoms with Crippen molar-refractivity contribution in [3.05, 3.63) is 103 Å².